The van der Waals surface area contributed by atoms with Crippen LogP contribution in [0.1, 0.15) is 59.8 Å². The van der Waals surface area contributed by atoms with Gasteiger partial charge in [-0.05, 0) is 38.6 Å². The molecule has 2 rings (SSSR count). The van der Waals surface area contributed by atoms with Crippen LogP contribution in [-0.4, -0.2) is 49.3 Å². The molecule has 1 saturated heterocycles. The van der Waals surface area contributed by atoms with Crippen LogP contribution in [0, 0.1) is 11.8 Å². The van der Waals surface area contributed by atoms with Gasteiger partial charge in [0, 0.05) is 24.7 Å². The van der Waals surface area contributed by atoms with Gasteiger partial charge in [0.1, 0.15) is 0 Å². The lowest BCUT2D eigenvalue weighted by atomic mass is 9.69. The zero-order chi connectivity index (χ0) is 15.3. The molecule has 3 atom stereocenters. The Balaban J connectivity index is 2.14. The molecule has 1 heterocycles. The maximum atomic E-state index is 5.56. The van der Waals surface area contributed by atoms with Crippen molar-refractivity contribution in [1.29, 1.82) is 0 Å². The molecular formula is C18H36N2O. The number of likely N-dealkylation sites (N-methyl/N-ethyl adjacent to an activating group) is 1. The molecule has 124 valence electrons. The molecule has 2 aliphatic rings. The summed E-state index contributed by atoms with van der Waals surface area (Å²) in [6, 6.07) is 0.603. The first-order valence-electron chi connectivity index (χ1n) is 9.17. The van der Waals surface area contributed by atoms with E-state index in [1.807, 2.05) is 0 Å². The largest absolute Gasteiger partial charge is 0.379 e. The molecule has 21 heavy (non-hydrogen) atoms. The van der Waals surface area contributed by atoms with Crippen LogP contribution in [0.3, 0.4) is 0 Å². The minimum atomic E-state index is 0.217. The lowest BCUT2D eigenvalue weighted by molar-refractivity contribution is -0.0399. The van der Waals surface area contributed by atoms with Crippen molar-refractivity contribution >= 4 is 0 Å². The highest BCUT2D eigenvalue weighted by molar-refractivity contribution is 5.00. The van der Waals surface area contributed by atoms with Gasteiger partial charge in [-0.2, -0.15) is 0 Å². The summed E-state index contributed by atoms with van der Waals surface area (Å²) in [5, 5.41) is 3.87. The van der Waals surface area contributed by atoms with Gasteiger partial charge in [-0.15, -0.1) is 0 Å². The predicted molar refractivity (Wildman–Crippen MR) is 89.7 cm³/mol. The Labute approximate surface area is 131 Å². The molecule has 1 aliphatic heterocycles. The zero-order valence-electron chi connectivity index (χ0n) is 14.7. The van der Waals surface area contributed by atoms with Crippen molar-refractivity contribution in [2.45, 2.75) is 71.4 Å². The van der Waals surface area contributed by atoms with Crippen LogP contribution in [-0.2, 0) is 4.74 Å². The summed E-state index contributed by atoms with van der Waals surface area (Å²) in [6.07, 6.45) is 7.03. The van der Waals surface area contributed by atoms with Crippen molar-refractivity contribution in [2.24, 2.45) is 11.8 Å². The molecule has 0 aromatic rings. The molecule has 1 saturated carbocycles. The van der Waals surface area contributed by atoms with E-state index in [4.69, 9.17) is 4.74 Å². The van der Waals surface area contributed by atoms with Crippen LogP contribution in [0.4, 0.5) is 0 Å². The van der Waals surface area contributed by atoms with E-state index in [2.05, 4.69) is 37.9 Å². The van der Waals surface area contributed by atoms with Crippen LogP contribution < -0.4 is 5.32 Å². The Morgan fingerprint density at radius 1 is 1.14 bits per heavy atom. The van der Waals surface area contributed by atoms with Crippen molar-refractivity contribution in [1.82, 2.24) is 10.2 Å². The van der Waals surface area contributed by atoms with Gasteiger partial charge in [-0.1, -0.05) is 39.5 Å². The van der Waals surface area contributed by atoms with Crippen molar-refractivity contribution in [2.75, 3.05) is 32.8 Å². The highest BCUT2D eigenvalue weighted by Gasteiger charge is 2.42. The standard InChI is InChI=1S/C18H36N2O/c1-5-15-9-7-8-10-16(15)17(19-6-2)18(3,4)20-11-13-21-14-12-20/h15-17,19H,5-14H2,1-4H3. The normalized spacial score (nSPS) is 30.3. The second kappa shape index (κ2) is 7.94. The van der Waals surface area contributed by atoms with E-state index in [0.29, 0.717) is 6.04 Å². The van der Waals surface area contributed by atoms with E-state index in [0.717, 1.165) is 44.7 Å². The van der Waals surface area contributed by atoms with E-state index in [9.17, 15) is 0 Å². The van der Waals surface area contributed by atoms with Gasteiger partial charge < -0.3 is 10.1 Å². The Kier molecular flexibility index (Phi) is 6.51. The summed E-state index contributed by atoms with van der Waals surface area (Å²) in [6.45, 7) is 14.6. The number of hydrogen-bond acceptors (Lipinski definition) is 3. The molecule has 1 aliphatic carbocycles. The second-order valence-electron chi connectivity index (χ2n) is 7.41. The van der Waals surface area contributed by atoms with E-state index >= 15 is 0 Å². The average Bonchev–Trinajstić information content (AvgIpc) is 2.53. The van der Waals surface area contributed by atoms with Crippen LogP contribution in [0.2, 0.25) is 0 Å². The minimum absolute atomic E-state index is 0.217. The van der Waals surface area contributed by atoms with Crippen molar-refractivity contribution in [3.05, 3.63) is 0 Å². The summed E-state index contributed by atoms with van der Waals surface area (Å²) >= 11 is 0. The molecule has 3 unspecified atom stereocenters. The van der Waals surface area contributed by atoms with Crippen LogP contribution in [0.5, 0.6) is 0 Å². The SMILES string of the molecule is CCNC(C1CCCCC1CC)C(C)(C)N1CCOCC1. The van der Waals surface area contributed by atoms with E-state index in [-0.39, 0.29) is 5.54 Å². The summed E-state index contributed by atoms with van der Waals surface area (Å²) in [5.74, 6) is 1.74. The Morgan fingerprint density at radius 2 is 1.81 bits per heavy atom. The van der Waals surface area contributed by atoms with Gasteiger partial charge in [-0.25, -0.2) is 0 Å². The van der Waals surface area contributed by atoms with Gasteiger partial charge in [0.05, 0.1) is 13.2 Å². The van der Waals surface area contributed by atoms with Crippen LogP contribution in [0.25, 0.3) is 0 Å². The lowest BCUT2D eigenvalue weighted by Gasteiger charge is -2.51. The molecule has 0 aromatic heterocycles. The predicted octanol–water partition coefficient (Wildman–Crippen LogP) is 3.29. The molecule has 0 bridgehead atoms. The fourth-order valence-corrected chi connectivity index (χ4v) is 4.66. The smallest absolute Gasteiger partial charge is 0.0594 e. The fraction of sp³-hybridized carbons (Fsp3) is 1.00. The first-order valence-corrected chi connectivity index (χ1v) is 9.17. The number of ether oxygens (including phenoxy) is 1. The number of nitrogens with one attached hydrogen (secondary N) is 1. The molecule has 0 radical (unpaired) electrons. The van der Waals surface area contributed by atoms with Gasteiger partial charge in [0.2, 0.25) is 0 Å². The number of nitrogens with zero attached hydrogens (tertiary/aromatic N) is 1. The first-order chi connectivity index (χ1) is 10.1. The summed E-state index contributed by atoms with van der Waals surface area (Å²) in [7, 11) is 0. The Hall–Kier alpha value is -0.120. The minimum Gasteiger partial charge on any atom is -0.379 e. The van der Waals surface area contributed by atoms with Crippen molar-refractivity contribution < 1.29 is 4.74 Å². The number of morpholine rings is 1. The Bertz CT molecular complexity index is 300. The van der Waals surface area contributed by atoms with E-state index < -0.39 is 0 Å². The quantitative estimate of drug-likeness (QED) is 0.814. The molecule has 2 fully saturated rings. The van der Waals surface area contributed by atoms with Crippen molar-refractivity contribution in [3.63, 3.8) is 0 Å². The molecule has 0 amide bonds. The Morgan fingerprint density at radius 3 is 2.43 bits per heavy atom. The summed E-state index contributed by atoms with van der Waals surface area (Å²) in [4.78, 5) is 2.66. The van der Waals surface area contributed by atoms with Gasteiger partial charge in [0.25, 0.3) is 0 Å². The van der Waals surface area contributed by atoms with Crippen LogP contribution in [0.15, 0.2) is 0 Å². The van der Waals surface area contributed by atoms with E-state index in [1.165, 1.54) is 32.1 Å². The summed E-state index contributed by atoms with van der Waals surface area (Å²) in [5.41, 5.74) is 0.217. The third-order valence-electron chi connectivity index (χ3n) is 5.93. The number of rotatable bonds is 6. The van der Waals surface area contributed by atoms with Crippen LogP contribution >= 0.6 is 0 Å². The maximum absolute atomic E-state index is 5.56. The molecule has 0 aromatic carbocycles. The number of hydrogen-bond donors (Lipinski definition) is 1. The van der Waals surface area contributed by atoms with Crippen molar-refractivity contribution in [3.8, 4) is 0 Å². The van der Waals surface area contributed by atoms with Gasteiger partial charge >= 0.3 is 0 Å². The lowest BCUT2D eigenvalue weighted by Crippen LogP contribution is -2.63. The molecular weight excluding hydrogens is 260 g/mol. The van der Waals surface area contributed by atoms with E-state index in [1.54, 1.807) is 0 Å². The fourth-order valence-electron chi connectivity index (χ4n) is 4.66. The highest BCUT2D eigenvalue weighted by Crippen LogP contribution is 2.39. The average molecular weight is 296 g/mol. The topological polar surface area (TPSA) is 24.5 Å². The molecule has 3 nitrogen and oxygen atoms in total. The third-order valence-corrected chi connectivity index (χ3v) is 5.93. The molecule has 1 N–H and O–H groups in total. The first kappa shape index (κ1) is 17.2. The second-order valence-corrected chi connectivity index (χ2v) is 7.41. The third kappa shape index (κ3) is 4.00. The maximum Gasteiger partial charge on any atom is 0.0594 e. The monoisotopic (exact) mass is 296 g/mol. The van der Waals surface area contributed by atoms with Gasteiger partial charge in [-0.3, -0.25) is 4.90 Å². The molecule has 0 spiro atoms. The summed E-state index contributed by atoms with van der Waals surface area (Å²) < 4.78 is 5.56. The van der Waals surface area contributed by atoms with Gasteiger partial charge in [0.15, 0.2) is 0 Å². The highest BCUT2D eigenvalue weighted by atomic mass is 16.5. The molecule has 3 heteroatoms. The zero-order valence-corrected chi connectivity index (χ0v) is 14.7.